The largest absolute Gasteiger partial charge is 0.339 e. The van der Waals surface area contributed by atoms with Crippen molar-refractivity contribution in [1.82, 2.24) is 10.1 Å². The van der Waals surface area contributed by atoms with Gasteiger partial charge in [0.05, 0.1) is 11.2 Å². The molecule has 0 spiro atoms. The predicted octanol–water partition coefficient (Wildman–Crippen LogP) is 3.45. The Morgan fingerprint density at radius 3 is 2.84 bits per heavy atom. The van der Waals surface area contributed by atoms with Crippen LogP contribution in [0.4, 0.5) is 0 Å². The van der Waals surface area contributed by atoms with Gasteiger partial charge in [-0.3, -0.25) is 4.79 Å². The summed E-state index contributed by atoms with van der Waals surface area (Å²) in [4.78, 5) is 16.1. The molecule has 4 nitrogen and oxygen atoms in total. The first-order valence-electron chi connectivity index (χ1n) is 6.66. The van der Waals surface area contributed by atoms with Gasteiger partial charge < -0.3 is 4.52 Å². The van der Waals surface area contributed by atoms with Crippen molar-refractivity contribution in [1.29, 1.82) is 0 Å². The molecule has 0 saturated carbocycles. The maximum atomic E-state index is 11.7. The van der Waals surface area contributed by atoms with Gasteiger partial charge in [-0.25, -0.2) is 0 Å². The second-order valence-electron chi connectivity index (χ2n) is 4.90. The molecule has 19 heavy (non-hydrogen) atoms. The van der Waals surface area contributed by atoms with Crippen molar-refractivity contribution in [2.24, 2.45) is 0 Å². The number of aromatic nitrogens is 2. The Hall–Kier alpha value is -0.490. The second-order valence-corrected chi connectivity index (χ2v) is 7.90. The third-order valence-corrected chi connectivity index (χ3v) is 6.88. The van der Waals surface area contributed by atoms with E-state index in [1.807, 2.05) is 37.4 Å². The molecule has 1 saturated heterocycles. The summed E-state index contributed by atoms with van der Waals surface area (Å²) in [6.45, 7) is 8.17. The molecule has 106 valence electrons. The van der Waals surface area contributed by atoms with Crippen molar-refractivity contribution in [3.05, 3.63) is 11.7 Å². The van der Waals surface area contributed by atoms with E-state index in [9.17, 15) is 4.79 Å². The van der Waals surface area contributed by atoms with Crippen molar-refractivity contribution >= 4 is 29.3 Å². The van der Waals surface area contributed by atoms with Crippen LogP contribution >= 0.6 is 23.5 Å². The number of ketones is 1. The summed E-state index contributed by atoms with van der Waals surface area (Å²) in [5, 5.41) is 5.58. The lowest BCUT2D eigenvalue weighted by atomic mass is 10.1. The van der Waals surface area contributed by atoms with E-state index in [2.05, 4.69) is 24.0 Å². The third kappa shape index (κ3) is 3.34. The molecule has 1 aromatic rings. The zero-order chi connectivity index (χ0) is 14.0. The Bertz CT molecular complexity index is 450. The number of carbonyl (C=O) groups excluding carboxylic acids is 1. The standard InChI is InChI=1S/C13H20N2O2S2/c1-5-10(16)7(2)13-14-12(15-17-13)11-6-18-8(3)9(4)19-11/h7-9,11H,5-6H2,1-4H3. The lowest BCUT2D eigenvalue weighted by Gasteiger charge is -2.29. The fourth-order valence-corrected chi connectivity index (χ4v) is 4.75. The Balaban J connectivity index is 2.07. The van der Waals surface area contributed by atoms with Crippen LogP contribution in [-0.4, -0.2) is 32.2 Å². The van der Waals surface area contributed by atoms with Crippen molar-refractivity contribution in [2.75, 3.05) is 5.75 Å². The summed E-state index contributed by atoms with van der Waals surface area (Å²) in [7, 11) is 0. The summed E-state index contributed by atoms with van der Waals surface area (Å²) in [6.07, 6.45) is 0.501. The van der Waals surface area contributed by atoms with Crippen LogP contribution in [0.25, 0.3) is 0 Å². The number of carbonyl (C=O) groups is 1. The van der Waals surface area contributed by atoms with Crippen molar-refractivity contribution < 1.29 is 9.32 Å². The van der Waals surface area contributed by atoms with E-state index in [4.69, 9.17) is 4.52 Å². The highest BCUT2D eigenvalue weighted by atomic mass is 32.2. The average molecular weight is 300 g/mol. The molecular formula is C13H20N2O2S2. The van der Waals surface area contributed by atoms with Crippen molar-refractivity contribution in [3.8, 4) is 0 Å². The number of rotatable bonds is 4. The highest BCUT2D eigenvalue weighted by Crippen LogP contribution is 2.43. The van der Waals surface area contributed by atoms with Crippen LogP contribution in [-0.2, 0) is 4.79 Å². The first-order valence-corrected chi connectivity index (χ1v) is 8.65. The molecule has 0 N–H and O–H groups in total. The molecule has 1 aromatic heterocycles. The van der Waals surface area contributed by atoms with Crippen LogP contribution in [0.1, 0.15) is 57.0 Å². The van der Waals surface area contributed by atoms with Gasteiger partial charge in [-0.15, -0.1) is 11.8 Å². The minimum Gasteiger partial charge on any atom is -0.339 e. The summed E-state index contributed by atoms with van der Waals surface area (Å²) in [6, 6.07) is 0. The van der Waals surface area contributed by atoms with Gasteiger partial charge in [0.25, 0.3) is 0 Å². The minimum absolute atomic E-state index is 0.142. The molecule has 4 unspecified atom stereocenters. The van der Waals surface area contributed by atoms with Crippen LogP contribution in [0, 0.1) is 0 Å². The predicted molar refractivity (Wildman–Crippen MR) is 79.7 cm³/mol. The zero-order valence-electron chi connectivity index (χ0n) is 11.8. The number of thioether (sulfide) groups is 2. The quantitative estimate of drug-likeness (QED) is 0.849. The molecule has 2 rings (SSSR count). The van der Waals surface area contributed by atoms with E-state index in [-0.39, 0.29) is 17.0 Å². The maximum absolute atomic E-state index is 11.7. The summed E-state index contributed by atoms with van der Waals surface area (Å²) in [5.41, 5.74) is 0. The lowest BCUT2D eigenvalue weighted by Crippen LogP contribution is -2.22. The highest BCUT2D eigenvalue weighted by molar-refractivity contribution is 8.07. The van der Waals surface area contributed by atoms with E-state index >= 15 is 0 Å². The molecule has 0 bridgehead atoms. The van der Waals surface area contributed by atoms with E-state index in [0.29, 0.717) is 22.8 Å². The molecule has 0 aromatic carbocycles. The molecule has 6 heteroatoms. The molecule has 0 aliphatic carbocycles. The van der Waals surface area contributed by atoms with Gasteiger partial charge in [0.1, 0.15) is 5.78 Å². The number of Topliss-reactive ketones (excluding diaryl/α,β-unsaturated/α-hetero) is 1. The fraction of sp³-hybridized carbons (Fsp3) is 0.769. The van der Waals surface area contributed by atoms with Gasteiger partial charge in [-0.2, -0.15) is 16.7 Å². The monoisotopic (exact) mass is 300 g/mol. The van der Waals surface area contributed by atoms with Crippen LogP contribution in [0.15, 0.2) is 4.52 Å². The summed E-state index contributed by atoms with van der Waals surface area (Å²) < 4.78 is 5.26. The minimum atomic E-state index is -0.288. The third-order valence-electron chi connectivity index (χ3n) is 3.50. The molecule has 1 aliphatic rings. The summed E-state index contributed by atoms with van der Waals surface area (Å²) in [5.74, 6) is 2.05. The molecule has 0 amide bonds. The smallest absolute Gasteiger partial charge is 0.236 e. The first-order chi connectivity index (χ1) is 9.02. The van der Waals surface area contributed by atoms with Crippen LogP contribution in [0.5, 0.6) is 0 Å². The Kier molecular flexibility index (Phi) is 4.95. The number of hydrogen-bond acceptors (Lipinski definition) is 6. The molecular weight excluding hydrogens is 280 g/mol. The molecule has 2 heterocycles. The molecule has 0 radical (unpaired) electrons. The van der Waals surface area contributed by atoms with Gasteiger partial charge in [0.2, 0.25) is 5.89 Å². The van der Waals surface area contributed by atoms with E-state index in [1.165, 1.54) is 0 Å². The van der Waals surface area contributed by atoms with Crippen LogP contribution in [0.3, 0.4) is 0 Å². The number of nitrogens with zero attached hydrogens (tertiary/aromatic N) is 2. The van der Waals surface area contributed by atoms with Gasteiger partial charge >= 0.3 is 0 Å². The van der Waals surface area contributed by atoms with Gasteiger partial charge in [0.15, 0.2) is 5.82 Å². The summed E-state index contributed by atoms with van der Waals surface area (Å²) >= 11 is 3.84. The number of hydrogen-bond donors (Lipinski definition) is 0. The van der Waals surface area contributed by atoms with Gasteiger partial charge in [-0.05, 0) is 6.92 Å². The fourth-order valence-electron chi connectivity index (χ4n) is 1.92. The Morgan fingerprint density at radius 2 is 2.21 bits per heavy atom. The molecule has 1 fully saturated rings. The topological polar surface area (TPSA) is 56.0 Å². The maximum Gasteiger partial charge on any atom is 0.236 e. The SMILES string of the molecule is CCC(=O)C(C)c1nc(C2CSC(C)C(C)S2)no1. The highest BCUT2D eigenvalue weighted by Gasteiger charge is 2.31. The van der Waals surface area contributed by atoms with Crippen LogP contribution in [0.2, 0.25) is 0 Å². The van der Waals surface area contributed by atoms with Gasteiger partial charge in [-0.1, -0.05) is 25.9 Å². The molecule has 4 atom stereocenters. The zero-order valence-corrected chi connectivity index (χ0v) is 13.4. The Morgan fingerprint density at radius 1 is 1.47 bits per heavy atom. The first kappa shape index (κ1) is 14.9. The van der Waals surface area contributed by atoms with Crippen molar-refractivity contribution in [3.63, 3.8) is 0 Å². The Labute approximate surface area is 122 Å². The van der Waals surface area contributed by atoms with Gasteiger partial charge in [0, 0.05) is 22.7 Å². The van der Waals surface area contributed by atoms with E-state index in [1.54, 1.807) is 0 Å². The molecule has 1 aliphatic heterocycles. The normalized spacial score (nSPS) is 29.2. The lowest BCUT2D eigenvalue weighted by molar-refractivity contribution is -0.120. The average Bonchev–Trinajstić information content (AvgIpc) is 2.89. The van der Waals surface area contributed by atoms with Crippen LogP contribution < -0.4 is 0 Å². The van der Waals surface area contributed by atoms with E-state index < -0.39 is 0 Å². The van der Waals surface area contributed by atoms with E-state index in [0.717, 1.165) is 11.6 Å². The van der Waals surface area contributed by atoms with Crippen molar-refractivity contribution in [2.45, 2.75) is 55.8 Å². The second kappa shape index (κ2) is 6.31.